The molecule has 3 heteroatoms. The Morgan fingerprint density at radius 2 is 1.71 bits per heavy atom. The van der Waals surface area contributed by atoms with Gasteiger partial charge in [0.15, 0.2) is 6.10 Å². The van der Waals surface area contributed by atoms with Gasteiger partial charge in [0.1, 0.15) is 5.75 Å². The second kappa shape index (κ2) is 9.76. The van der Waals surface area contributed by atoms with Gasteiger partial charge < -0.3 is 10.1 Å². The largest absolute Gasteiger partial charge is 0.481 e. The lowest BCUT2D eigenvalue weighted by Crippen LogP contribution is -2.38. The summed E-state index contributed by atoms with van der Waals surface area (Å²) in [4.78, 5) is 12.3. The Balaban J connectivity index is 1.76. The molecular formula is C21H27NO2. The van der Waals surface area contributed by atoms with E-state index in [1.807, 2.05) is 49.4 Å². The van der Waals surface area contributed by atoms with Crippen LogP contribution < -0.4 is 10.1 Å². The standard InChI is InChI=1S/C21H27NO2/c1-3-17-12-14-19(15-13-17)24-20(4-2)21(23)22-16-8-11-18-9-6-5-7-10-18/h5-7,9-10,12-15,20H,3-4,8,11,16H2,1-2H3,(H,22,23)/t20-/m0/s1. The second-order valence-electron chi connectivity index (χ2n) is 5.89. The van der Waals surface area contributed by atoms with Crippen LogP contribution in [0.2, 0.25) is 0 Å². The Morgan fingerprint density at radius 1 is 1.00 bits per heavy atom. The quantitative estimate of drug-likeness (QED) is 0.703. The first-order valence-electron chi connectivity index (χ1n) is 8.80. The highest BCUT2D eigenvalue weighted by Crippen LogP contribution is 2.15. The molecule has 0 bridgehead atoms. The Kier molecular flexibility index (Phi) is 7.34. The van der Waals surface area contributed by atoms with Gasteiger partial charge in [0.25, 0.3) is 5.91 Å². The highest BCUT2D eigenvalue weighted by atomic mass is 16.5. The monoisotopic (exact) mass is 325 g/mol. The lowest BCUT2D eigenvalue weighted by Gasteiger charge is -2.17. The van der Waals surface area contributed by atoms with Crippen molar-refractivity contribution < 1.29 is 9.53 Å². The fourth-order valence-electron chi connectivity index (χ4n) is 2.55. The zero-order chi connectivity index (χ0) is 17.2. The third-order valence-corrected chi connectivity index (χ3v) is 4.06. The van der Waals surface area contributed by atoms with E-state index in [9.17, 15) is 4.79 Å². The molecule has 0 saturated carbocycles. The maximum atomic E-state index is 12.3. The number of carbonyl (C=O) groups is 1. The van der Waals surface area contributed by atoms with Gasteiger partial charge in [-0.15, -0.1) is 0 Å². The molecule has 0 radical (unpaired) electrons. The first kappa shape index (κ1) is 18.1. The Hall–Kier alpha value is -2.29. The number of aryl methyl sites for hydroxylation is 2. The molecule has 2 aromatic carbocycles. The molecule has 0 unspecified atom stereocenters. The van der Waals surface area contributed by atoms with Crippen molar-refractivity contribution in [2.24, 2.45) is 0 Å². The van der Waals surface area contributed by atoms with Crippen molar-refractivity contribution >= 4 is 5.91 Å². The molecule has 3 nitrogen and oxygen atoms in total. The molecule has 0 aliphatic carbocycles. The minimum absolute atomic E-state index is 0.0369. The fourth-order valence-corrected chi connectivity index (χ4v) is 2.55. The molecule has 0 spiro atoms. The third-order valence-electron chi connectivity index (χ3n) is 4.06. The van der Waals surface area contributed by atoms with Gasteiger partial charge in [-0.1, -0.05) is 56.3 Å². The van der Waals surface area contributed by atoms with Crippen LogP contribution in [0.25, 0.3) is 0 Å². The minimum atomic E-state index is -0.436. The van der Waals surface area contributed by atoms with E-state index < -0.39 is 6.10 Å². The first-order chi connectivity index (χ1) is 11.7. The summed E-state index contributed by atoms with van der Waals surface area (Å²) < 4.78 is 5.83. The molecule has 0 aliphatic heterocycles. The SMILES string of the molecule is CCc1ccc(O[C@@H](CC)C(=O)NCCCc2ccccc2)cc1. The summed E-state index contributed by atoms with van der Waals surface area (Å²) in [6, 6.07) is 18.3. The van der Waals surface area contributed by atoms with Gasteiger partial charge in [0.2, 0.25) is 0 Å². The molecular weight excluding hydrogens is 298 g/mol. The van der Waals surface area contributed by atoms with Crippen molar-refractivity contribution in [3.8, 4) is 5.75 Å². The van der Waals surface area contributed by atoms with E-state index >= 15 is 0 Å². The maximum Gasteiger partial charge on any atom is 0.261 e. The topological polar surface area (TPSA) is 38.3 Å². The molecule has 2 rings (SSSR count). The van der Waals surface area contributed by atoms with Gasteiger partial charge in [-0.25, -0.2) is 0 Å². The van der Waals surface area contributed by atoms with Crippen molar-refractivity contribution in [2.45, 2.75) is 45.6 Å². The second-order valence-corrected chi connectivity index (χ2v) is 5.89. The summed E-state index contributed by atoms with van der Waals surface area (Å²) in [6.07, 6.45) is 3.11. The molecule has 0 aromatic heterocycles. The van der Waals surface area contributed by atoms with E-state index in [-0.39, 0.29) is 5.91 Å². The van der Waals surface area contributed by atoms with Crippen LogP contribution in [0.15, 0.2) is 54.6 Å². The number of nitrogens with one attached hydrogen (secondary N) is 1. The highest BCUT2D eigenvalue weighted by molar-refractivity contribution is 5.81. The molecule has 0 aliphatic rings. The lowest BCUT2D eigenvalue weighted by atomic mass is 10.1. The summed E-state index contributed by atoms with van der Waals surface area (Å²) in [5.74, 6) is 0.712. The average Bonchev–Trinajstić information content (AvgIpc) is 2.64. The molecule has 0 heterocycles. The number of ether oxygens (including phenoxy) is 1. The van der Waals surface area contributed by atoms with Crippen molar-refractivity contribution in [3.05, 3.63) is 65.7 Å². The van der Waals surface area contributed by atoms with Crippen LogP contribution in [0.3, 0.4) is 0 Å². The van der Waals surface area contributed by atoms with Crippen LogP contribution in [0, 0.1) is 0 Å². The molecule has 1 N–H and O–H groups in total. The summed E-state index contributed by atoms with van der Waals surface area (Å²) >= 11 is 0. The smallest absolute Gasteiger partial charge is 0.261 e. The van der Waals surface area contributed by atoms with E-state index in [0.717, 1.165) is 25.0 Å². The lowest BCUT2D eigenvalue weighted by molar-refractivity contribution is -0.128. The minimum Gasteiger partial charge on any atom is -0.481 e. The molecule has 128 valence electrons. The number of carbonyl (C=O) groups excluding carboxylic acids is 1. The zero-order valence-corrected chi connectivity index (χ0v) is 14.6. The van der Waals surface area contributed by atoms with Crippen LogP contribution in [0.1, 0.15) is 37.8 Å². The first-order valence-corrected chi connectivity index (χ1v) is 8.80. The molecule has 2 aromatic rings. The van der Waals surface area contributed by atoms with Crippen LogP contribution in [0.5, 0.6) is 5.75 Å². The van der Waals surface area contributed by atoms with Gasteiger partial charge in [0, 0.05) is 6.54 Å². The Bertz CT molecular complexity index is 607. The van der Waals surface area contributed by atoms with Gasteiger partial charge in [0.05, 0.1) is 0 Å². The summed E-state index contributed by atoms with van der Waals surface area (Å²) in [6.45, 7) is 4.75. The fraction of sp³-hybridized carbons (Fsp3) is 0.381. The van der Waals surface area contributed by atoms with Crippen LogP contribution >= 0.6 is 0 Å². The van der Waals surface area contributed by atoms with E-state index in [2.05, 4.69) is 24.4 Å². The van der Waals surface area contributed by atoms with Crippen molar-refractivity contribution in [1.29, 1.82) is 0 Å². The van der Waals surface area contributed by atoms with Gasteiger partial charge in [-0.2, -0.15) is 0 Å². The molecule has 1 amide bonds. The molecule has 0 fully saturated rings. The average molecular weight is 325 g/mol. The molecule has 0 saturated heterocycles. The van der Waals surface area contributed by atoms with Crippen molar-refractivity contribution in [2.75, 3.05) is 6.54 Å². The third kappa shape index (κ3) is 5.73. The van der Waals surface area contributed by atoms with Crippen LogP contribution in [0.4, 0.5) is 0 Å². The Morgan fingerprint density at radius 3 is 2.33 bits per heavy atom. The normalized spacial score (nSPS) is 11.8. The number of hydrogen-bond acceptors (Lipinski definition) is 2. The zero-order valence-electron chi connectivity index (χ0n) is 14.6. The number of hydrogen-bond donors (Lipinski definition) is 1. The predicted octanol–water partition coefficient (Wildman–Crippen LogP) is 4.16. The van der Waals surface area contributed by atoms with E-state index in [4.69, 9.17) is 4.74 Å². The van der Waals surface area contributed by atoms with E-state index in [1.165, 1.54) is 11.1 Å². The maximum absolute atomic E-state index is 12.3. The summed E-state index contributed by atoms with van der Waals surface area (Å²) in [5.41, 5.74) is 2.56. The van der Waals surface area contributed by atoms with Crippen LogP contribution in [-0.2, 0) is 17.6 Å². The summed E-state index contributed by atoms with van der Waals surface area (Å²) in [5, 5.41) is 2.98. The van der Waals surface area contributed by atoms with Crippen molar-refractivity contribution in [3.63, 3.8) is 0 Å². The number of rotatable bonds is 9. The molecule has 1 atom stereocenters. The summed E-state index contributed by atoms with van der Waals surface area (Å²) in [7, 11) is 0. The van der Waals surface area contributed by atoms with Crippen LogP contribution in [-0.4, -0.2) is 18.6 Å². The van der Waals surface area contributed by atoms with Gasteiger partial charge in [-0.3, -0.25) is 4.79 Å². The van der Waals surface area contributed by atoms with Gasteiger partial charge >= 0.3 is 0 Å². The van der Waals surface area contributed by atoms with E-state index in [1.54, 1.807) is 0 Å². The number of amides is 1. The Labute approximate surface area is 145 Å². The molecule has 24 heavy (non-hydrogen) atoms. The highest BCUT2D eigenvalue weighted by Gasteiger charge is 2.17. The predicted molar refractivity (Wildman–Crippen MR) is 98.3 cm³/mol. The van der Waals surface area contributed by atoms with E-state index in [0.29, 0.717) is 13.0 Å². The van der Waals surface area contributed by atoms with Crippen molar-refractivity contribution in [1.82, 2.24) is 5.32 Å². The number of benzene rings is 2. The van der Waals surface area contributed by atoms with Gasteiger partial charge in [-0.05, 0) is 48.9 Å².